The molecule has 1 N–H and O–H groups in total. The Hall–Kier alpha value is -1.75. The van der Waals surface area contributed by atoms with Gasteiger partial charge in [0.1, 0.15) is 13.2 Å². The minimum Gasteiger partial charge on any atom is -0.486 e. The van der Waals surface area contributed by atoms with Crippen LogP contribution >= 0.6 is 0 Å². The zero-order chi connectivity index (χ0) is 13.2. The molecular formula is C14H17NO4. The number of piperidine rings is 1. The van der Waals surface area contributed by atoms with E-state index in [2.05, 4.69) is 0 Å². The first-order valence-corrected chi connectivity index (χ1v) is 6.61. The van der Waals surface area contributed by atoms with Gasteiger partial charge in [0, 0.05) is 13.1 Å². The maximum Gasteiger partial charge on any atom is 0.257 e. The summed E-state index contributed by atoms with van der Waals surface area (Å²) in [7, 11) is 0. The second-order valence-corrected chi connectivity index (χ2v) is 4.88. The second kappa shape index (κ2) is 5.09. The Balaban J connectivity index is 1.87. The number of β-amino-alcohol motifs (C(OH)–C–C–N with tert-alkyl or cyclic N) is 1. The first-order valence-electron chi connectivity index (χ1n) is 6.61. The Kier molecular flexibility index (Phi) is 3.29. The van der Waals surface area contributed by atoms with Crippen molar-refractivity contribution in [2.45, 2.75) is 18.9 Å². The van der Waals surface area contributed by atoms with Gasteiger partial charge in [-0.1, -0.05) is 6.07 Å². The molecule has 5 heteroatoms. The van der Waals surface area contributed by atoms with E-state index in [1.807, 2.05) is 0 Å². The van der Waals surface area contributed by atoms with E-state index in [-0.39, 0.29) is 5.91 Å². The third-order valence-corrected chi connectivity index (χ3v) is 3.48. The Bertz CT molecular complexity index is 488. The molecule has 0 bridgehead atoms. The number of hydrogen-bond acceptors (Lipinski definition) is 4. The van der Waals surface area contributed by atoms with Crippen molar-refractivity contribution in [3.8, 4) is 11.5 Å². The van der Waals surface area contributed by atoms with Crippen LogP contribution in [0.2, 0.25) is 0 Å². The number of rotatable bonds is 1. The van der Waals surface area contributed by atoms with Crippen molar-refractivity contribution in [3.05, 3.63) is 23.8 Å². The molecule has 0 saturated carbocycles. The summed E-state index contributed by atoms with van der Waals surface area (Å²) in [6, 6.07) is 5.34. The lowest BCUT2D eigenvalue weighted by molar-refractivity contribution is 0.0467. The van der Waals surface area contributed by atoms with Crippen molar-refractivity contribution in [1.82, 2.24) is 4.90 Å². The number of ether oxygens (including phenoxy) is 2. The summed E-state index contributed by atoms with van der Waals surface area (Å²) in [4.78, 5) is 14.2. The highest BCUT2D eigenvalue weighted by molar-refractivity contribution is 5.98. The molecule has 1 amide bonds. The van der Waals surface area contributed by atoms with Gasteiger partial charge in [-0.05, 0) is 25.0 Å². The zero-order valence-corrected chi connectivity index (χ0v) is 10.7. The molecule has 2 aliphatic heterocycles. The van der Waals surface area contributed by atoms with Crippen molar-refractivity contribution >= 4 is 5.91 Å². The minimum absolute atomic E-state index is 0.0962. The van der Waals surface area contributed by atoms with E-state index in [9.17, 15) is 9.90 Å². The van der Waals surface area contributed by atoms with Crippen molar-refractivity contribution < 1.29 is 19.4 Å². The van der Waals surface area contributed by atoms with Crippen LogP contribution in [0, 0.1) is 0 Å². The molecule has 1 fully saturated rings. The van der Waals surface area contributed by atoms with Crippen LogP contribution in [0.15, 0.2) is 18.2 Å². The zero-order valence-electron chi connectivity index (χ0n) is 10.7. The highest BCUT2D eigenvalue weighted by Gasteiger charge is 2.27. The third kappa shape index (κ3) is 2.38. The largest absolute Gasteiger partial charge is 0.486 e. The third-order valence-electron chi connectivity index (χ3n) is 3.48. The summed E-state index contributed by atoms with van der Waals surface area (Å²) in [5, 5.41) is 9.66. The molecule has 19 heavy (non-hydrogen) atoms. The number of carbonyl (C=O) groups is 1. The van der Waals surface area contributed by atoms with Gasteiger partial charge in [0.15, 0.2) is 11.5 Å². The number of aliphatic hydroxyl groups is 1. The molecule has 0 aliphatic carbocycles. The normalized spacial score (nSPS) is 22.2. The lowest BCUT2D eigenvalue weighted by Gasteiger charge is -2.31. The highest BCUT2D eigenvalue weighted by Crippen LogP contribution is 2.34. The van der Waals surface area contributed by atoms with Crippen LogP contribution in [0.5, 0.6) is 11.5 Å². The maximum atomic E-state index is 12.5. The van der Waals surface area contributed by atoms with Crippen molar-refractivity contribution in [2.24, 2.45) is 0 Å². The van der Waals surface area contributed by atoms with Gasteiger partial charge in [0.2, 0.25) is 0 Å². The predicted molar refractivity (Wildman–Crippen MR) is 68.6 cm³/mol. The van der Waals surface area contributed by atoms with Gasteiger partial charge in [-0.15, -0.1) is 0 Å². The Morgan fingerprint density at radius 2 is 2.16 bits per heavy atom. The fraction of sp³-hybridized carbons (Fsp3) is 0.500. The van der Waals surface area contributed by atoms with E-state index in [1.54, 1.807) is 23.1 Å². The monoisotopic (exact) mass is 263 g/mol. The SMILES string of the molecule is O=C(c1cccc2c1OCCO2)N1CCC[C@@H](O)C1. The summed E-state index contributed by atoms with van der Waals surface area (Å²) in [6.45, 7) is 2.04. The molecule has 2 heterocycles. The van der Waals surface area contributed by atoms with Gasteiger partial charge in [0.05, 0.1) is 11.7 Å². The van der Waals surface area contributed by atoms with E-state index in [0.29, 0.717) is 43.4 Å². The van der Waals surface area contributed by atoms with Gasteiger partial charge < -0.3 is 19.5 Å². The number of likely N-dealkylation sites (tertiary alicyclic amines) is 1. The smallest absolute Gasteiger partial charge is 0.257 e. The highest BCUT2D eigenvalue weighted by atomic mass is 16.6. The molecule has 0 spiro atoms. The molecule has 1 atom stereocenters. The standard InChI is InChI=1S/C14H17NO4/c16-10-3-2-6-15(9-10)14(17)11-4-1-5-12-13(11)19-8-7-18-12/h1,4-5,10,16H,2-3,6-9H2/t10-/m1/s1. The molecule has 1 aromatic rings. The Labute approximate surface area is 111 Å². The number of amides is 1. The second-order valence-electron chi connectivity index (χ2n) is 4.88. The molecule has 0 aromatic heterocycles. The molecule has 0 radical (unpaired) electrons. The molecule has 1 saturated heterocycles. The average Bonchev–Trinajstić information content (AvgIpc) is 2.46. The number of hydrogen-bond donors (Lipinski definition) is 1. The lowest BCUT2D eigenvalue weighted by atomic mass is 10.1. The van der Waals surface area contributed by atoms with Crippen molar-refractivity contribution in [2.75, 3.05) is 26.3 Å². The first-order chi connectivity index (χ1) is 9.25. The fourth-order valence-corrected chi connectivity index (χ4v) is 2.55. The topological polar surface area (TPSA) is 59.0 Å². The number of benzene rings is 1. The van der Waals surface area contributed by atoms with Crippen LogP contribution < -0.4 is 9.47 Å². The van der Waals surface area contributed by atoms with E-state index >= 15 is 0 Å². The van der Waals surface area contributed by atoms with E-state index in [1.165, 1.54) is 0 Å². The summed E-state index contributed by atoms with van der Waals surface area (Å²) in [5.41, 5.74) is 0.520. The van der Waals surface area contributed by atoms with E-state index < -0.39 is 6.10 Å². The van der Waals surface area contributed by atoms with Crippen LogP contribution in [0.25, 0.3) is 0 Å². The van der Waals surface area contributed by atoms with Crippen LogP contribution in [-0.2, 0) is 0 Å². The summed E-state index contributed by atoms with van der Waals surface area (Å²) >= 11 is 0. The summed E-state index contributed by atoms with van der Waals surface area (Å²) in [6.07, 6.45) is 1.17. The molecule has 0 unspecified atom stereocenters. The lowest BCUT2D eigenvalue weighted by Crippen LogP contribution is -2.42. The molecule has 102 valence electrons. The number of carbonyl (C=O) groups excluding carboxylic acids is 1. The van der Waals surface area contributed by atoms with Crippen LogP contribution in [0.4, 0.5) is 0 Å². The molecular weight excluding hydrogens is 246 g/mol. The van der Waals surface area contributed by atoms with Gasteiger partial charge >= 0.3 is 0 Å². The summed E-state index contributed by atoms with van der Waals surface area (Å²) in [5.74, 6) is 1.05. The Morgan fingerprint density at radius 3 is 3.00 bits per heavy atom. The van der Waals surface area contributed by atoms with Gasteiger partial charge in [0.25, 0.3) is 5.91 Å². The van der Waals surface area contributed by atoms with E-state index in [0.717, 1.165) is 12.8 Å². The van der Waals surface area contributed by atoms with Gasteiger partial charge in [-0.25, -0.2) is 0 Å². The fourth-order valence-electron chi connectivity index (χ4n) is 2.55. The quantitative estimate of drug-likeness (QED) is 0.823. The van der Waals surface area contributed by atoms with Crippen molar-refractivity contribution in [1.29, 1.82) is 0 Å². The van der Waals surface area contributed by atoms with E-state index in [4.69, 9.17) is 9.47 Å². The number of nitrogens with zero attached hydrogens (tertiary/aromatic N) is 1. The molecule has 1 aromatic carbocycles. The van der Waals surface area contributed by atoms with Crippen molar-refractivity contribution in [3.63, 3.8) is 0 Å². The molecule has 2 aliphatic rings. The van der Waals surface area contributed by atoms with Gasteiger partial charge in [-0.3, -0.25) is 4.79 Å². The van der Waals surface area contributed by atoms with Crippen LogP contribution in [0.1, 0.15) is 23.2 Å². The number of fused-ring (bicyclic) bond motifs is 1. The Morgan fingerprint density at radius 1 is 1.32 bits per heavy atom. The van der Waals surface area contributed by atoms with Crippen LogP contribution in [-0.4, -0.2) is 48.3 Å². The minimum atomic E-state index is -0.422. The summed E-state index contributed by atoms with van der Waals surface area (Å²) < 4.78 is 11.0. The number of aliphatic hydroxyl groups excluding tert-OH is 1. The maximum absolute atomic E-state index is 12.5. The number of para-hydroxylation sites is 1. The molecule has 3 rings (SSSR count). The predicted octanol–water partition coefficient (Wildman–Crippen LogP) is 1.05. The van der Waals surface area contributed by atoms with Crippen LogP contribution in [0.3, 0.4) is 0 Å². The molecule has 5 nitrogen and oxygen atoms in total. The first kappa shape index (κ1) is 12.3. The average molecular weight is 263 g/mol. The van der Waals surface area contributed by atoms with Gasteiger partial charge in [-0.2, -0.15) is 0 Å².